The fourth-order valence-corrected chi connectivity index (χ4v) is 2.02. The molecule has 21 heavy (non-hydrogen) atoms. The van der Waals surface area contributed by atoms with Crippen molar-refractivity contribution in [1.29, 1.82) is 0 Å². The largest absolute Gasteiger partial charge is 0.484 e. The summed E-state index contributed by atoms with van der Waals surface area (Å²) < 4.78 is 5.38. The molecule has 0 spiro atoms. The number of hydrogen-bond donors (Lipinski definition) is 2. The Hall–Kier alpha value is -2.53. The third-order valence-corrected chi connectivity index (χ3v) is 3.16. The van der Waals surface area contributed by atoms with E-state index in [1.807, 2.05) is 18.2 Å². The van der Waals surface area contributed by atoms with Gasteiger partial charge in [-0.1, -0.05) is 11.6 Å². The van der Waals surface area contributed by atoms with E-state index in [4.69, 9.17) is 16.3 Å². The van der Waals surface area contributed by atoms with Crippen LogP contribution in [0.5, 0.6) is 5.75 Å². The molecule has 2 N–H and O–H groups in total. The predicted molar refractivity (Wildman–Crippen MR) is 81.7 cm³/mol. The third kappa shape index (κ3) is 3.32. The lowest BCUT2D eigenvalue weighted by molar-refractivity contribution is -0.118. The van der Waals surface area contributed by atoms with E-state index in [9.17, 15) is 4.79 Å². The molecule has 0 atom stereocenters. The van der Waals surface area contributed by atoms with Crippen molar-refractivity contribution >= 4 is 34.1 Å². The SMILES string of the molecule is O=C(COc1ccc(Cl)cc1)Nc1ccc2cn[nH]c2c1. The Morgan fingerprint density at radius 3 is 2.86 bits per heavy atom. The number of ether oxygens (including phenoxy) is 1. The van der Waals surface area contributed by atoms with Gasteiger partial charge >= 0.3 is 0 Å². The third-order valence-electron chi connectivity index (χ3n) is 2.91. The molecule has 0 aliphatic heterocycles. The van der Waals surface area contributed by atoms with Crippen LogP contribution in [0.3, 0.4) is 0 Å². The van der Waals surface area contributed by atoms with E-state index in [-0.39, 0.29) is 12.5 Å². The molecule has 106 valence electrons. The molecule has 3 rings (SSSR count). The van der Waals surface area contributed by atoms with Gasteiger partial charge in [0.2, 0.25) is 0 Å². The van der Waals surface area contributed by atoms with Crippen LogP contribution in [0.15, 0.2) is 48.7 Å². The fraction of sp³-hybridized carbons (Fsp3) is 0.0667. The highest BCUT2D eigenvalue weighted by Gasteiger charge is 2.05. The van der Waals surface area contributed by atoms with Crippen molar-refractivity contribution in [2.24, 2.45) is 0 Å². The summed E-state index contributed by atoms with van der Waals surface area (Å²) in [6, 6.07) is 12.4. The van der Waals surface area contributed by atoms with E-state index >= 15 is 0 Å². The second-order valence-electron chi connectivity index (χ2n) is 4.46. The lowest BCUT2D eigenvalue weighted by Crippen LogP contribution is -2.20. The number of aromatic amines is 1. The van der Waals surface area contributed by atoms with E-state index in [0.717, 1.165) is 10.9 Å². The van der Waals surface area contributed by atoms with Gasteiger partial charge in [-0.15, -0.1) is 0 Å². The second kappa shape index (κ2) is 5.85. The number of carbonyl (C=O) groups excluding carboxylic acids is 1. The van der Waals surface area contributed by atoms with Crippen molar-refractivity contribution < 1.29 is 9.53 Å². The molecule has 0 bridgehead atoms. The molecule has 0 saturated carbocycles. The zero-order valence-corrected chi connectivity index (χ0v) is 11.7. The molecule has 1 aromatic heterocycles. The highest BCUT2D eigenvalue weighted by molar-refractivity contribution is 6.30. The molecule has 0 fully saturated rings. The minimum Gasteiger partial charge on any atom is -0.484 e. The summed E-state index contributed by atoms with van der Waals surface area (Å²) in [4.78, 5) is 11.8. The van der Waals surface area contributed by atoms with Gasteiger partial charge in [-0.25, -0.2) is 0 Å². The first-order valence-corrected chi connectivity index (χ1v) is 6.70. The van der Waals surface area contributed by atoms with Gasteiger partial charge in [0.1, 0.15) is 5.75 Å². The summed E-state index contributed by atoms with van der Waals surface area (Å²) in [5, 5.41) is 11.2. The van der Waals surface area contributed by atoms with Gasteiger partial charge < -0.3 is 10.1 Å². The van der Waals surface area contributed by atoms with Crippen molar-refractivity contribution in [2.45, 2.75) is 0 Å². The number of halogens is 1. The minimum atomic E-state index is -0.233. The minimum absolute atomic E-state index is 0.0668. The highest BCUT2D eigenvalue weighted by atomic mass is 35.5. The van der Waals surface area contributed by atoms with Gasteiger partial charge in [0, 0.05) is 16.1 Å². The standard InChI is InChI=1S/C15H12ClN3O2/c16-11-2-5-13(6-3-11)21-9-15(20)18-12-4-1-10-8-17-19-14(10)7-12/h1-8H,9H2,(H,17,19)(H,18,20). The summed E-state index contributed by atoms with van der Waals surface area (Å²) in [5.41, 5.74) is 1.56. The number of fused-ring (bicyclic) bond motifs is 1. The average Bonchev–Trinajstić information content (AvgIpc) is 2.94. The normalized spacial score (nSPS) is 10.5. The molecule has 6 heteroatoms. The van der Waals surface area contributed by atoms with E-state index < -0.39 is 0 Å². The Morgan fingerprint density at radius 2 is 2.05 bits per heavy atom. The molecule has 0 saturated heterocycles. The Labute approximate surface area is 125 Å². The topological polar surface area (TPSA) is 67.0 Å². The lowest BCUT2D eigenvalue weighted by Gasteiger charge is -2.07. The molecule has 0 unspecified atom stereocenters. The molecule has 5 nitrogen and oxygen atoms in total. The van der Waals surface area contributed by atoms with E-state index in [1.54, 1.807) is 30.5 Å². The molecular formula is C15H12ClN3O2. The van der Waals surface area contributed by atoms with Gasteiger partial charge in [0.25, 0.3) is 5.91 Å². The maximum absolute atomic E-state index is 11.8. The number of benzene rings is 2. The number of aromatic nitrogens is 2. The number of nitrogens with zero attached hydrogens (tertiary/aromatic N) is 1. The maximum Gasteiger partial charge on any atom is 0.262 e. The number of amides is 1. The molecule has 1 amide bonds. The van der Waals surface area contributed by atoms with Crippen LogP contribution in [-0.2, 0) is 4.79 Å². The monoisotopic (exact) mass is 301 g/mol. The smallest absolute Gasteiger partial charge is 0.262 e. The van der Waals surface area contributed by atoms with E-state index in [1.165, 1.54) is 0 Å². The Morgan fingerprint density at radius 1 is 1.24 bits per heavy atom. The van der Waals surface area contributed by atoms with Gasteiger partial charge in [-0.05, 0) is 42.5 Å². The first-order chi connectivity index (χ1) is 10.2. The van der Waals surface area contributed by atoms with Crippen LogP contribution >= 0.6 is 11.6 Å². The molecule has 0 aliphatic carbocycles. The van der Waals surface area contributed by atoms with Crippen LogP contribution in [-0.4, -0.2) is 22.7 Å². The van der Waals surface area contributed by atoms with E-state index in [2.05, 4.69) is 15.5 Å². The number of hydrogen-bond acceptors (Lipinski definition) is 3. The highest BCUT2D eigenvalue weighted by Crippen LogP contribution is 2.17. The Bertz CT molecular complexity index is 768. The van der Waals surface area contributed by atoms with Crippen LogP contribution in [0.25, 0.3) is 10.9 Å². The Balaban J connectivity index is 1.59. The summed E-state index contributed by atoms with van der Waals surface area (Å²) in [5.74, 6) is 0.363. The number of rotatable bonds is 4. The summed E-state index contributed by atoms with van der Waals surface area (Å²) >= 11 is 5.78. The molecule has 0 radical (unpaired) electrons. The van der Waals surface area contributed by atoms with Crippen LogP contribution in [0, 0.1) is 0 Å². The molecule has 2 aromatic carbocycles. The second-order valence-corrected chi connectivity index (χ2v) is 4.90. The quantitative estimate of drug-likeness (QED) is 0.777. The molecular weight excluding hydrogens is 290 g/mol. The number of H-pyrrole nitrogens is 1. The van der Waals surface area contributed by atoms with Crippen molar-refractivity contribution in [3.05, 3.63) is 53.7 Å². The van der Waals surface area contributed by atoms with Gasteiger partial charge in [-0.2, -0.15) is 5.10 Å². The van der Waals surface area contributed by atoms with Crippen molar-refractivity contribution in [2.75, 3.05) is 11.9 Å². The maximum atomic E-state index is 11.8. The zero-order chi connectivity index (χ0) is 14.7. The Kier molecular flexibility index (Phi) is 3.75. The predicted octanol–water partition coefficient (Wildman–Crippen LogP) is 3.23. The van der Waals surface area contributed by atoms with Crippen LogP contribution in [0.1, 0.15) is 0 Å². The summed E-state index contributed by atoms with van der Waals surface area (Å²) in [6.07, 6.45) is 1.73. The van der Waals surface area contributed by atoms with Crippen LogP contribution in [0.2, 0.25) is 5.02 Å². The van der Waals surface area contributed by atoms with E-state index in [0.29, 0.717) is 16.5 Å². The van der Waals surface area contributed by atoms with Crippen molar-refractivity contribution in [1.82, 2.24) is 10.2 Å². The summed E-state index contributed by atoms with van der Waals surface area (Å²) in [7, 11) is 0. The summed E-state index contributed by atoms with van der Waals surface area (Å²) in [6.45, 7) is -0.0668. The van der Waals surface area contributed by atoms with Gasteiger partial charge in [0.15, 0.2) is 6.61 Å². The van der Waals surface area contributed by atoms with Crippen LogP contribution in [0.4, 0.5) is 5.69 Å². The lowest BCUT2D eigenvalue weighted by atomic mass is 10.2. The number of nitrogens with one attached hydrogen (secondary N) is 2. The van der Waals surface area contributed by atoms with Crippen molar-refractivity contribution in [3.63, 3.8) is 0 Å². The van der Waals surface area contributed by atoms with Gasteiger partial charge in [-0.3, -0.25) is 9.89 Å². The molecule has 0 aliphatic rings. The van der Waals surface area contributed by atoms with Crippen molar-refractivity contribution in [3.8, 4) is 5.75 Å². The average molecular weight is 302 g/mol. The number of anilines is 1. The molecule has 3 aromatic rings. The van der Waals surface area contributed by atoms with Gasteiger partial charge in [0.05, 0.1) is 11.7 Å². The zero-order valence-electron chi connectivity index (χ0n) is 11.0. The number of carbonyl (C=O) groups is 1. The molecule has 1 heterocycles. The fourth-order valence-electron chi connectivity index (χ4n) is 1.89. The van der Waals surface area contributed by atoms with Crippen LogP contribution < -0.4 is 10.1 Å². The first kappa shape index (κ1) is 13.5. The first-order valence-electron chi connectivity index (χ1n) is 6.32.